The van der Waals surface area contributed by atoms with E-state index in [1.807, 2.05) is 31.2 Å². The van der Waals surface area contributed by atoms with Crippen molar-refractivity contribution in [2.75, 3.05) is 31.6 Å². The highest BCUT2D eigenvalue weighted by Gasteiger charge is 2.21. The largest absolute Gasteiger partial charge is 0.374 e. The third kappa shape index (κ3) is 5.56. The number of anilines is 1. The van der Waals surface area contributed by atoms with Crippen molar-refractivity contribution < 1.29 is 9.53 Å². The number of benzene rings is 2. The highest BCUT2D eigenvalue weighted by molar-refractivity contribution is 9.10. The number of hydrogen-bond donors (Lipinski definition) is 2. The summed E-state index contributed by atoms with van der Waals surface area (Å²) in [5.41, 5.74) is 3.11. The van der Waals surface area contributed by atoms with E-state index in [-0.39, 0.29) is 12.1 Å². The number of nitrogens with zero attached hydrogens (tertiary/aromatic N) is 1. The monoisotopic (exact) mass is 417 g/mol. The number of carbonyl (C=O) groups excluding carboxylic acids is 1. The minimum absolute atomic E-state index is 0.00391. The van der Waals surface area contributed by atoms with Gasteiger partial charge in [-0.25, -0.2) is 4.79 Å². The van der Waals surface area contributed by atoms with Crippen molar-refractivity contribution in [2.45, 2.75) is 19.6 Å². The van der Waals surface area contributed by atoms with E-state index in [0.717, 1.165) is 35.4 Å². The molecule has 1 aliphatic rings. The predicted molar refractivity (Wildman–Crippen MR) is 107 cm³/mol. The van der Waals surface area contributed by atoms with Gasteiger partial charge in [0.2, 0.25) is 0 Å². The van der Waals surface area contributed by atoms with Gasteiger partial charge in [-0.2, -0.15) is 0 Å². The molecule has 2 aromatic rings. The smallest absolute Gasteiger partial charge is 0.319 e. The lowest BCUT2D eigenvalue weighted by Gasteiger charge is -2.33. The first-order valence-corrected chi connectivity index (χ1v) is 9.58. The minimum Gasteiger partial charge on any atom is -0.374 e. The van der Waals surface area contributed by atoms with E-state index < -0.39 is 0 Å². The van der Waals surface area contributed by atoms with Crippen LogP contribution >= 0.6 is 15.9 Å². The molecule has 2 N–H and O–H groups in total. The molecular weight excluding hydrogens is 394 g/mol. The van der Waals surface area contributed by atoms with Gasteiger partial charge in [-0.1, -0.05) is 46.3 Å². The average molecular weight is 418 g/mol. The maximum Gasteiger partial charge on any atom is 0.319 e. The van der Waals surface area contributed by atoms with Crippen LogP contribution in [-0.2, 0) is 11.3 Å². The first kappa shape index (κ1) is 18.9. The van der Waals surface area contributed by atoms with Crippen molar-refractivity contribution in [3.8, 4) is 0 Å². The van der Waals surface area contributed by atoms with Crippen LogP contribution in [0.15, 0.2) is 53.0 Å². The Labute approximate surface area is 162 Å². The maximum absolute atomic E-state index is 12.2. The Morgan fingerprint density at radius 2 is 2.08 bits per heavy atom. The molecule has 6 heteroatoms. The molecular formula is C20H24BrN3O2. The number of hydrogen-bond acceptors (Lipinski definition) is 3. The normalized spacial score (nSPS) is 17.7. The Bertz CT molecular complexity index is 739. The van der Waals surface area contributed by atoms with Crippen LogP contribution in [0.2, 0.25) is 0 Å². The van der Waals surface area contributed by atoms with E-state index in [9.17, 15) is 4.79 Å². The van der Waals surface area contributed by atoms with Crippen molar-refractivity contribution in [1.29, 1.82) is 0 Å². The van der Waals surface area contributed by atoms with Crippen LogP contribution < -0.4 is 10.6 Å². The van der Waals surface area contributed by atoms with Crippen LogP contribution in [0.5, 0.6) is 0 Å². The molecule has 1 fully saturated rings. The Kier molecular flexibility index (Phi) is 6.66. The van der Waals surface area contributed by atoms with E-state index in [1.54, 1.807) is 0 Å². The third-order valence-electron chi connectivity index (χ3n) is 4.40. The van der Waals surface area contributed by atoms with Gasteiger partial charge in [0.1, 0.15) is 0 Å². The molecule has 2 aromatic carbocycles. The van der Waals surface area contributed by atoms with Gasteiger partial charge in [-0.05, 0) is 36.2 Å². The van der Waals surface area contributed by atoms with Crippen LogP contribution in [0.3, 0.4) is 0 Å². The quantitative estimate of drug-likeness (QED) is 0.777. The lowest BCUT2D eigenvalue weighted by molar-refractivity contribution is -0.0285. The van der Waals surface area contributed by atoms with Gasteiger partial charge < -0.3 is 15.4 Å². The second-order valence-corrected chi connectivity index (χ2v) is 7.42. The number of urea groups is 1. The zero-order valence-corrected chi connectivity index (χ0v) is 16.5. The van der Waals surface area contributed by atoms with E-state index in [4.69, 9.17) is 4.74 Å². The number of rotatable bonds is 5. The van der Waals surface area contributed by atoms with E-state index in [1.165, 1.54) is 5.56 Å². The van der Waals surface area contributed by atoms with Crippen molar-refractivity contribution >= 4 is 27.6 Å². The Morgan fingerprint density at radius 1 is 1.27 bits per heavy atom. The molecule has 1 unspecified atom stereocenters. The summed E-state index contributed by atoms with van der Waals surface area (Å²) in [5.74, 6) is 0. The molecule has 0 radical (unpaired) electrons. The summed E-state index contributed by atoms with van der Waals surface area (Å²) in [5, 5.41) is 5.80. The molecule has 0 saturated carbocycles. The van der Waals surface area contributed by atoms with Crippen molar-refractivity contribution in [3.63, 3.8) is 0 Å². The van der Waals surface area contributed by atoms with Gasteiger partial charge in [-0.3, -0.25) is 4.90 Å². The molecule has 1 heterocycles. The molecule has 2 amide bonds. The number of halogens is 1. The fraction of sp³-hybridized carbons (Fsp3) is 0.350. The van der Waals surface area contributed by atoms with Gasteiger partial charge in [0.15, 0.2) is 0 Å². The molecule has 0 bridgehead atoms. The molecule has 138 valence electrons. The molecule has 1 saturated heterocycles. The van der Waals surface area contributed by atoms with E-state index in [2.05, 4.69) is 55.7 Å². The summed E-state index contributed by atoms with van der Waals surface area (Å²) in [4.78, 5) is 14.5. The summed E-state index contributed by atoms with van der Waals surface area (Å²) in [6.07, 6.45) is 0.00391. The Balaban J connectivity index is 1.45. The summed E-state index contributed by atoms with van der Waals surface area (Å²) < 4.78 is 6.79. The van der Waals surface area contributed by atoms with E-state index >= 15 is 0 Å². The van der Waals surface area contributed by atoms with Crippen LogP contribution in [0.25, 0.3) is 0 Å². The number of ether oxygens (including phenoxy) is 1. The van der Waals surface area contributed by atoms with Gasteiger partial charge in [0.05, 0.1) is 12.7 Å². The van der Waals surface area contributed by atoms with Crippen molar-refractivity contribution in [1.82, 2.24) is 10.2 Å². The molecule has 0 aromatic heterocycles. The minimum atomic E-state index is -0.209. The number of carbonyl (C=O) groups is 1. The molecule has 26 heavy (non-hydrogen) atoms. The fourth-order valence-electron chi connectivity index (χ4n) is 3.03. The highest BCUT2D eigenvalue weighted by atomic mass is 79.9. The van der Waals surface area contributed by atoms with Gasteiger partial charge in [0, 0.05) is 36.3 Å². The zero-order valence-electron chi connectivity index (χ0n) is 14.9. The molecule has 3 rings (SSSR count). The van der Waals surface area contributed by atoms with Gasteiger partial charge in [0.25, 0.3) is 0 Å². The third-order valence-corrected chi connectivity index (χ3v) is 4.89. The number of amides is 2. The van der Waals surface area contributed by atoms with Crippen LogP contribution in [0.4, 0.5) is 10.5 Å². The lowest BCUT2D eigenvalue weighted by atomic mass is 10.2. The average Bonchev–Trinajstić information content (AvgIpc) is 2.64. The van der Waals surface area contributed by atoms with Crippen LogP contribution in [-0.4, -0.2) is 43.3 Å². The first-order valence-electron chi connectivity index (χ1n) is 8.79. The van der Waals surface area contributed by atoms with Crippen molar-refractivity contribution in [2.24, 2.45) is 0 Å². The molecule has 5 nitrogen and oxygen atoms in total. The van der Waals surface area contributed by atoms with Crippen LogP contribution in [0.1, 0.15) is 11.1 Å². The lowest BCUT2D eigenvalue weighted by Crippen LogP contribution is -2.47. The summed E-state index contributed by atoms with van der Waals surface area (Å²) in [7, 11) is 0. The summed E-state index contributed by atoms with van der Waals surface area (Å²) in [6.45, 7) is 5.78. The predicted octanol–water partition coefficient (Wildman–Crippen LogP) is 3.78. The Morgan fingerprint density at radius 3 is 2.85 bits per heavy atom. The highest BCUT2D eigenvalue weighted by Crippen LogP contribution is 2.19. The number of nitrogens with one attached hydrogen (secondary N) is 2. The summed E-state index contributed by atoms with van der Waals surface area (Å²) in [6, 6.07) is 16.0. The number of aryl methyl sites for hydroxylation is 1. The summed E-state index contributed by atoms with van der Waals surface area (Å²) >= 11 is 3.43. The van der Waals surface area contributed by atoms with Gasteiger partial charge in [-0.15, -0.1) is 0 Å². The van der Waals surface area contributed by atoms with Gasteiger partial charge >= 0.3 is 6.03 Å². The first-order chi connectivity index (χ1) is 12.6. The Hall–Kier alpha value is -1.89. The molecule has 1 atom stereocenters. The van der Waals surface area contributed by atoms with Crippen molar-refractivity contribution in [3.05, 3.63) is 64.1 Å². The SMILES string of the molecule is Cc1cc(Br)ccc1NC(=O)NCC1CN(Cc2ccccc2)CCO1. The maximum atomic E-state index is 12.2. The second kappa shape index (κ2) is 9.16. The number of morpholine rings is 1. The fourth-order valence-corrected chi connectivity index (χ4v) is 3.51. The molecule has 0 spiro atoms. The topological polar surface area (TPSA) is 53.6 Å². The molecule has 1 aliphatic heterocycles. The standard InChI is InChI=1S/C20H24BrN3O2/c1-15-11-17(21)7-8-19(15)23-20(25)22-12-18-14-24(9-10-26-18)13-16-5-3-2-4-6-16/h2-8,11,18H,9-10,12-14H2,1H3,(H2,22,23,25). The second-order valence-electron chi connectivity index (χ2n) is 6.51. The van der Waals surface area contributed by atoms with Crippen LogP contribution in [0, 0.1) is 6.92 Å². The zero-order chi connectivity index (χ0) is 18.4. The van der Waals surface area contributed by atoms with E-state index in [0.29, 0.717) is 13.2 Å². The molecule has 0 aliphatic carbocycles.